The van der Waals surface area contributed by atoms with Crippen molar-refractivity contribution in [2.45, 2.75) is 6.42 Å². The number of urea groups is 1. The second-order valence-corrected chi connectivity index (χ2v) is 3.98. The molecule has 1 aliphatic rings. The number of benzene rings is 1. The summed E-state index contributed by atoms with van der Waals surface area (Å²) in [5, 5.41) is 11.3. The van der Waals surface area contributed by atoms with Gasteiger partial charge in [0, 0.05) is 24.4 Å². The van der Waals surface area contributed by atoms with E-state index in [2.05, 4.69) is 11.4 Å². The second kappa shape index (κ2) is 5.32. The van der Waals surface area contributed by atoms with E-state index in [-0.39, 0.29) is 6.03 Å². The summed E-state index contributed by atoms with van der Waals surface area (Å²) in [7, 11) is 0. The molecule has 18 heavy (non-hydrogen) atoms. The van der Waals surface area contributed by atoms with Crippen molar-refractivity contribution in [2.75, 3.05) is 18.4 Å². The molecule has 4 nitrogen and oxygen atoms in total. The fraction of sp³-hybridized carbons (Fsp3) is 0.231. The van der Waals surface area contributed by atoms with Gasteiger partial charge < -0.3 is 10.2 Å². The minimum atomic E-state index is -0.391. The van der Waals surface area contributed by atoms with Crippen LogP contribution in [0.3, 0.4) is 0 Å². The summed E-state index contributed by atoms with van der Waals surface area (Å²) in [6, 6.07) is 7.53. The van der Waals surface area contributed by atoms with Gasteiger partial charge in [0.2, 0.25) is 0 Å². The smallest absolute Gasteiger partial charge is 0.320 e. The number of rotatable bonds is 1. The lowest BCUT2D eigenvalue weighted by atomic mass is 10.1. The number of carbonyl (C=O) groups excluding carboxylic acids is 1. The number of carbonyl (C=O) groups is 1. The van der Waals surface area contributed by atoms with Crippen LogP contribution in [0.4, 0.5) is 14.9 Å². The van der Waals surface area contributed by atoms with Gasteiger partial charge in [0.05, 0.1) is 6.07 Å². The van der Waals surface area contributed by atoms with Gasteiger partial charge in [-0.1, -0.05) is 12.1 Å². The molecule has 1 aliphatic heterocycles. The van der Waals surface area contributed by atoms with Crippen LogP contribution in [-0.2, 0) is 0 Å². The van der Waals surface area contributed by atoms with Crippen molar-refractivity contribution in [2.24, 2.45) is 0 Å². The molecule has 2 amide bonds. The highest BCUT2D eigenvalue weighted by Gasteiger charge is 2.16. The first-order valence-electron chi connectivity index (χ1n) is 5.59. The molecule has 1 heterocycles. The Labute approximate surface area is 104 Å². The lowest BCUT2D eigenvalue weighted by molar-refractivity contribution is 0.216. The Morgan fingerprint density at radius 1 is 1.50 bits per heavy atom. The Morgan fingerprint density at radius 2 is 2.33 bits per heavy atom. The summed E-state index contributed by atoms with van der Waals surface area (Å²) in [4.78, 5) is 13.4. The predicted octanol–water partition coefficient (Wildman–Crippen LogP) is 2.51. The average molecular weight is 245 g/mol. The lowest BCUT2D eigenvalue weighted by Gasteiger charge is -2.24. The quantitative estimate of drug-likeness (QED) is 0.826. The maximum absolute atomic E-state index is 12.9. The fourth-order valence-corrected chi connectivity index (χ4v) is 1.72. The number of hydrogen-bond acceptors (Lipinski definition) is 2. The first kappa shape index (κ1) is 12.1. The highest BCUT2D eigenvalue weighted by atomic mass is 19.1. The van der Waals surface area contributed by atoms with Crippen molar-refractivity contribution in [3.05, 3.63) is 41.7 Å². The molecule has 1 N–H and O–H groups in total. The topological polar surface area (TPSA) is 56.1 Å². The van der Waals surface area contributed by atoms with E-state index in [0.717, 1.165) is 0 Å². The number of halogens is 1. The largest absolute Gasteiger partial charge is 0.322 e. The van der Waals surface area contributed by atoms with E-state index in [1.54, 1.807) is 17.0 Å². The maximum atomic E-state index is 12.9. The molecule has 0 saturated carbocycles. The van der Waals surface area contributed by atoms with E-state index in [0.29, 0.717) is 30.8 Å². The van der Waals surface area contributed by atoms with Crippen LogP contribution in [0.5, 0.6) is 0 Å². The summed E-state index contributed by atoms with van der Waals surface area (Å²) in [5.74, 6) is -0.391. The first-order valence-corrected chi connectivity index (χ1v) is 5.59. The van der Waals surface area contributed by atoms with Crippen molar-refractivity contribution in [3.63, 3.8) is 0 Å². The van der Waals surface area contributed by atoms with Gasteiger partial charge in [0.1, 0.15) is 5.82 Å². The molecule has 2 rings (SSSR count). The van der Waals surface area contributed by atoms with Crippen LogP contribution < -0.4 is 5.32 Å². The Kier molecular flexibility index (Phi) is 3.58. The first-order chi connectivity index (χ1) is 8.69. The van der Waals surface area contributed by atoms with Gasteiger partial charge >= 0.3 is 6.03 Å². The number of hydrogen-bond donors (Lipinski definition) is 1. The van der Waals surface area contributed by atoms with Crippen molar-refractivity contribution >= 4 is 11.7 Å². The molecule has 1 aromatic rings. The van der Waals surface area contributed by atoms with Crippen molar-refractivity contribution in [1.29, 1.82) is 5.26 Å². The van der Waals surface area contributed by atoms with Gasteiger partial charge in [0.15, 0.2) is 0 Å². The van der Waals surface area contributed by atoms with Crippen molar-refractivity contribution in [3.8, 4) is 6.07 Å². The average Bonchev–Trinajstić information content (AvgIpc) is 2.39. The zero-order chi connectivity index (χ0) is 13.0. The molecule has 0 saturated heterocycles. The number of nitrogens with zero attached hydrogens (tertiary/aromatic N) is 2. The molecule has 0 spiro atoms. The van der Waals surface area contributed by atoms with E-state index in [1.807, 2.05) is 0 Å². The number of nitriles is 1. The summed E-state index contributed by atoms with van der Waals surface area (Å²) >= 11 is 0. The van der Waals surface area contributed by atoms with Crippen LogP contribution in [0.15, 0.2) is 35.9 Å². The minimum absolute atomic E-state index is 0.283. The molecular formula is C13H12FN3O. The van der Waals surface area contributed by atoms with Crippen LogP contribution in [0.25, 0.3) is 0 Å². The molecule has 0 unspecified atom stereocenters. The van der Waals surface area contributed by atoms with Crippen LogP contribution in [0.1, 0.15) is 6.42 Å². The van der Waals surface area contributed by atoms with Gasteiger partial charge in [-0.3, -0.25) is 0 Å². The summed E-state index contributed by atoms with van der Waals surface area (Å²) in [5.41, 5.74) is 1.12. The van der Waals surface area contributed by atoms with E-state index in [9.17, 15) is 9.18 Å². The van der Waals surface area contributed by atoms with E-state index in [1.165, 1.54) is 18.2 Å². The third kappa shape index (κ3) is 2.86. The van der Waals surface area contributed by atoms with E-state index in [4.69, 9.17) is 5.26 Å². The fourth-order valence-electron chi connectivity index (χ4n) is 1.72. The van der Waals surface area contributed by atoms with Crippen LogP contribution in [-0.4, -0.2) is 24.0 Å². The van der Waals surface area contributed by atoms with Crippen LogP contribution in [0.2, 0.25) is 0 Å². The zero-order valence-electron chi connectivity index (χ0n) is 9.69. The summed E-state index contributed by atoms with van der Waals surface area (Å²) < 4.78 is 12.9. The molecule has 0 aliphatic carbocycles. The highest BCUT2D eigenvalue weighted by Crippen LogP contribution is 2.13. The molecule has 5 heteroatoms. The Balaban J connectivity index is 1.98. The minimum Gasteiger partial charge on any atom is -0.320 e. The van der Waals surface area contributed by atoms with Gasteiger partial charge in [-0.25, -0.2) is 9.18 Å². The van der Waals surface area contributed by atoms with Gasteiger partial charge in [-0.2, -0.15) is 5.26 Å². The molecule has 0 aromatic heterocycles. The van der Waals surface area contributed by atoms with Crippen molar-refractivity contribution < 1.29 is 9.18 Å². The number of anilines is 1. The number of nitrogens with one attached hydrogen (secondary N) is 1. The maximum Gasteiger partial charge on any atom is 0.322 e. The molecule has 0 atom stereocenters. The third-order valence-corrected chi connectivity index (χ3v) is 2.72. The predicted molar refractivity (Wildman–Crippen MR) is 65.3 cm³/mol. The number of amides is 2. The van der Waals surface area contributed by atoms with E-state index < -0.39 is 5.82 Å². The zero-order valence-corrected chi connectivity index (χ0v) is 9.69. The van der Waals surface area contributed by atoms with Crippen LogP contribution >= 0.6 is 0 Å². The van der Waals surface area contributed by atoms with E-state index >= 15 is 0 Å². The van der Waals surface area contributed by atoms with Gasteiger partial charge in [0.25, 0.3) is 0 Å². The van der Waals surface area contributed by atoms with Crippen LogP contribution in [0, 0.1) is 17.1 Å². The van der Waals surface area contributed by atoms with Crippen molar-refractivity contribution in [1.82, 2.24) is 4.90 Å². The molecule has 0 bridgehead atoms. The Hall–Kier alpha value is -2.35. The Morgan fingerprint density at radius 3 is 2.94 bits per heavy atom. The van der Waals surface area contributed by atoms with Gasteiger partial charge in [-0.05, 0) is 24.6 Å². The molecule has 0 radical (unpaired) electrons. The molecule has 0 fully saturated rings. The SMILES string of the molecule is N#CC1=CCN(C(=O)Nc2cccc(F)c2)CC1. The third-order valence-electron chi connectivity index (χ3n) is 2.72. The lowest BCUT2D eigenvalue weighted by Crippen LogP contribution is -2.37. The Bertz CT molecular complexity index is 533. The normalized spacial score (nSPS) is 14.7. The summed E-state index contributed by atoms with van der Waals surface area (Å²) in [6.45, 7) is 0.907. The monoisotopic (exact) mass is 245 g/mol. The summed E-state index contributed by atoms with van der Waals surface area (Å²) in [6.07, 6.45) is 2.29. The highest BCUT2D eigenvalue weighted by molar-refractivity contribution is 5.89. The molecule has 92 valence electrons. The van der Waals surface area contributed by atoms with Gasteiger partial charge in [-0.15, -0.1) is 0 Å². The molecule has 1 aromatic carbocycles. The standard InChI is InChI=1S/C13H12FN3O/c14-11-2-1-3-12(8-11)16-13(18)17-6-4-10(9-15)5-7-17/h1-4,8H,5-7H2,(H,16,18). The molecular weight excluding hydrogens is 233 g/mol. The second-order valence-electron chi connectivity index (χ2n) is 3.98.